The number of ether oxygens (including phenoxy) is 1. The number of carbonyl (C=O) groups excluding carboxylic acids is 2. The van der Waals surface area contributed by atoms with Crippen molar-refractivity contribution in [3.63, 3.8) is 0 Å². The molecule has 2 aromatic carbocycles. The highest BCUT2D eigenvalue weighted by Crippen LogP contribution is 2.24. The van der Waals surface area contributed by atoms with E-state index in [0.29, 0.717) is 12.8 Å². The van der Waals surface area contributed by atoms with E-state index < -0.39 is 30.1 Å². The third-order valence-corrected chi connectivity index (χ3v) is 5.77. The van der Waals surface area contributed by atoms with Gasteiger partial charge in [-0.2, -0.15) is 0 Å². The Hall–Kier alpha value is -3.19. The SMILES string of the molecule is CCOC(=O)C(CCc1ccccc1)N[C@H](C)C(=O)N1Cc2ccccc2C[C@H]1C(=O)O. The van der Waals surface area contributed by atoms with E-state index in [1.807, 2.05) is 54.6 Å². The molecule has 7 heteroatoms. The molecule has 0 radical (unpaired) electrons. The van der Waals surface area contributed by atoms with Crippen LogP contribution in [-0.4, -0.2) is 52.6 Å². The molecule has 1 unspecified atom stereocenters. The average Bonchev–Trinajstić information content (AvgIpc) is 2.80. The van der Waals surface area contributed by atoms with Crippen LogP contribution in [0.3, 0.4) is 0 Å². The van der Waals surface area contributed by atoms with Crippen LogP contribution in [0.2, 0.25) is 0 Å². The lowest BCUT2D eigenvalue weighted by Gasteiger charge is -2.36. The molecule has 1 heterocycles. The Morgan fingerprint density at radius 2 is 1.75 bits per heavy atom. The molecule has 7 nitrogen and oxygen atoms in total. The van der Waals surface area contributed by atoms with Crippen molar-refractivity contribution >= 4 is 17.8 Å². The molecule has 170 valence electrons. The first kappa shape index (κ1) is 23.5. The number of rotatable bonds is 9. The minimum Gasteiger partial charge on any atom is -0.480 e. The van der Waals surface area contributed by atoms with E-state index in [0.717, 1.165) is 16.7 Å². The highest BCUT2D eigenvalue weighted by Gasteiger charge is 2.37. The Labute approximate surface area is 188 Å². The van der Waals surface area contributed by atoms with Crippen molar-refractivity contribution in [2.24, 2.45) is 0 Å². The van der Waals surface area contributed by atoms with Gasteiger partial charge in [0.2, 0.25) is 5.91 Å². The van der Waals surface area contributed by atoms with Crippen LogP contribution >= 0.6 is 0 Å². The standard InChI is InChI=1S/C25H30N2O5/c1-3-32-25(31)21(14-13-18-9-5-4-6-10-18)26-17(2)23(28)27-16-20-12-8-7-11-19(20)15-22(27)24(29)30/h4-12,17,21-22,26H,3,13-16H2,1-2H3,(H,29,30)/t17-,21?,22+/m1/s1. The molecule has 2 aromatic rings. The Morgan fingerprint density at radius 1 is 1.09 bits per heavy atom. The lowest BCUT2D eigenvalue weighted by Crippen LogP contribution is -2.56. The Balaban J connectivity index is 1.72. The average molecular weight is 439 g/mol. The Morgan fingerprint density at radius 3 is 2.41 bits per heavy atom. The number of nitrogens with one attached hydrogen (secondary N) is 1. The molecule has 0 saturated carbocycles. The molecule has 0 aromatic heterocycles. The van der Waals surface area contributed by atoms with E-state index in [1.165, 1.54) is 4.90 Å². The molecule has 3 atom stereocenters. The molecule has 1 amide bonds. The predicted molar refractivity (Wildman–Crippen MR) is 120 cm³/mol. The quantitative estimate of drug-likeness (QED) is 0.584. The molecular weight excluding hydrogens is 408 g/mol. The number of hydrogen-bond donors (Lipinski definition) is 2. The summed E-state index contributed by atoms with van der Waals surface area (Å²) in [6, 6.07) is 15.0. The molecule has 0 fully saturated rings. The van der Waals surface area contributed by atoms with Crippen molar-refractivity contribution in [2.45, 2.75) is 57.8 Å². The van der Waals surface area contributed by atoms with E-state index in [-0.39, 0.29) is 25.5 Å². The molecule has 1 aliphatic rings. The van der Waals surface area contributed by atoms with Crippen LogP contribution in [0.15, 0.2) is 54.6 Å². The monoisotopic (exact) mass is 438 g/mol. The number of fused-ring (bicyclic) bond motifs is 1. The van der Waals surface area contributed by atoms with E-state index in [9.17, 15) is 19.5 Å². The van der Waals surface area contributed by atoms with Gasteiger partial charge in [0.05, 0.1) is 12.6 Å². The highest BCUT2D eigenvalue weighted by molar-refractivity contribution is 5.88. The van der Waals surface area contributed by atoms with Crippen molar-refractivity contribution in [3.8, 4) is 0 Å². The largest absolute Gasteiger partial charge is 0.480 e. The first-order chi connectivity index (χ1) is 15.4. The maximum atomic E-state index is 13.3. The third kappa shape index (κ3) is 5.73. The fourth-order valence-electron chi connectivity index (χ4n) is 4.06. The minimum absolute atomic E-state index is 0.228. The van der Waals surface area contributed by atoms with Gasteiger partial charge in [0, 0.05) is 13.0 Å². The van der Waals surface area contributed by atoms with Gasteiger partial charge in [0.15, 0.2) is 0 Å². The number of carboxylic acids is 1. The topological polar surface area (TPSA) is 95.9 Å². The zero-order valence-corrected chi connectivity index (χ0v) is 18.5. The van der Waals surface area contributed by atoms with Crippen molar-refractivity contribution in [1.29, 1.82) is 0 Å². The van der Waals surface area contributed by atoms with E-state index >= 15 is 0 Å². The van der Waals surface area contributed by atoms with E-state index in [1.54, 1.807) is 13.8 Å². The summed E-state index contributed by atoms with van der Waals surface area (Å²) in [5, 5.41) is 12.8. The molecule has 32 heavy (non-hydrogen) atoms. The number of esters is 1. The molecule has 2 N–H and O–H groups in total. The maximum absolute atomic E-state index is 13.3. The number of nitrogens with zero attached hydrogens (tertiary/aromatic N) is 1. The van der Waals surface area contributed by atoms with Crippen LogP contribution < -0.4 is 5.32 Å². The van der Waals surface area contributed by atoms with Gasteiger partial charge < -0.3 is 14.7 Å². The maximum Gasteiger partial charge on any atom is 0.326 e. The summed E-state index contributed by atoms with van der Waals surface area (Å²) >= 11 is 0. The summed E-state index contributed by atoms with van der Waals surface area (Å²) < 4.78 is 5.20. The molecule has 0 saturated heterocycles. The minimum atomic E-state index is -1.04. The van der Waals surface area contributed by atoms with E-state index in [4.69, 9.17) is 4.74 Å². The van der Waals surface area contributed by atoms with Crippen molar-refractivity contribution in [1.82, 2.24) is 10.2 Å². The van der Waals surface area contributed by atoms with Crippen LogP contribution in [0.4, 0.5) is 0 Å². The predicted octanol–water partition coefficient (Wildman–Crippen LogP) is 2.57. The Bertz CT molecular complexity index is 946. The number of carboxylic acid groups (broad SMARTS) is 1. The van der Waals surface area contributed by atoms with Gasteiger partial charge in [-0.3, -0.25) is 14.9 Å². The summed E-state index contributed by atoms with van der Waals surface area (Å²) in [4.78, 5) is 39.1. The normalized spacial score (nSPS) is 17.2. The number of aliphatic carboxylic acids is 1. The van der Waals surface area contributed by atoms with Gasteiger partial charge in [-0.25, -0.2) is 4.79 Å². The summed E-state index contributed by atoms with van der Waals surface area (Å²) in [7, 11) is 0. The zero-order valence-electron chi connectivity index (χ0n) is 18.5. The second kappa shape index (κ2) is 10.9. The second-order valence-electron chi connectivity index (χ2n) is 8.01. The zero-order chi connectivity index (χ0) is 23.1. The van der Waals surface area contributed by atoms with Crippen molar-refractivity contribution in [3.05, 3.63) is 71.3 Å². The smallest absolute Gasteiger partial charge is 0.326 e. The molecule has 0 bridgehead atoms. The van der Waals surface area contributed by atoms with Crippen LogP contribution in [-0.2, 0) is 38.5 Å². The van der Waals surface area contributed by atoms with Gasteiger partial charge in [0.25, 0.3) is 0 Å². The van der Waals surface area contributed by atoms with Crippen molar-refractivity contribution < 1.29 is 24.2 Å². The number of benzene rings is 2. The first-order valence-corrected chi connectivity index (χ1v) is 11.0. The van der Waals surface area contributed by atoms with E-state index in [2.05, 4.69) is 5.32 Å². The molecule has 1 aliphatic heterocycles. The second-order valence-corrected chi connectivity index (χ2v) is 8.01. The lowest BCUT2D eigenvalue weighted by molar-refractivity contribution is -0.153. The van der Waals surface area contributed by atoms with Gasteiger partial charge in [-0.05, 0) is 43.4 Å². The van der Waals surface area contributed by atoms with Crippen LogP contribution in [0.25, 0.3) is 0 Å². The molecule has 0 aliphatic carbocycles. The molecular formula is C25H30N2O5. The fraction of sp³-hybridized carbons (Fsp3) is 0.400. The number of aryl methyl sites for hydroxylation is 1. The van der Waals surface area contributed by atoms with Crippen molar-refractivity contribution in [2.75, 3.05) is 6.61 Å². The van der Waals surface area contributed by atoms with Gasteiger partial charge >= 0.3 is 11.9 Å². The number of carbonyl (C=O) groups is 3. The number of hydrogen-bond acceptors (Lipinski definition) is 5. The Kier molecular flexibility index (Phi) is 8.00. The first-order valence-electron chi connectivity index (χ1n) is 11.0. The summed E-state index contributed by atoms with van der Waals surface area (Å²) in [6.07, 6.45) is 1.37. The van der Waals surface area contributed by atoms with Crippen LogP contribution in [0.1, 0.15) is 37.0 Å². The third-order valence-electron chi connectivity index (χ3n) is 5.77. The summed E-state index contributed by atoms with van der Waals surface area (Å²) in [5.74, 6) is -1.80. The van der Waals surface area contributed by atoms with Crippen LogP contribution in [0, 0.1) is 0 Å². The van der Waals surface area contributed by atoms with Crippen LogP contribution in [0.5, 0.6) is 0 Å². The van der Waals surface area contributed by atoms with Gasteiger partial charge in [0.1, 0.15) is 12.1 Å². The molecule has 0 spiro atoms. The van der Waals surface area contributed by atoms with Gasteiger partial charge in [-0.1, -0.05) is 54.6 Å². The highest BCUT2D eigenvalue weighted by atomic mass is 16.5. The van der Waals surface area contributed by atoms with Gasteiger partial charge in [-0.15, -0.1) is 0 Å². The fourth-order valence-corrected chi connectivity index (χ4v) is 4.06. The summed E-state index contributed by atoms with van der Waals surface area (Å²) in [6.45, 7) is 3.88. The lowest BCUT2D eigenvalue weighted by atomic mass is 9.93. The molecule has 3 rings (SSSR count). The summed E-state index contributed by atoms with van der Waals surface area (Å²) in [5.41, 5.74) is 2.97. The number of amides is 1.